The number of hydrogen-bond acceptors (Lipinski definition) is 3. The van der Waals surface area contributed by atoms with Crippen molar-refractivity contribution < 1.29 is 0 Å². The van der Waals surface area contributed by atoms with Crippen molar-refractivity contribution in [2.24, 2.45) is 5.73 Å². The largest absolute Gasteiger partial charge is 0.325 e. The molecule has 0 aliphatic heterocycles. The molecule has 5 heteroatoms. The van der Waals surface area contributed by atoms with Gasteiger partial charge in [-0.15, -0.1) is 0 Å². The van der Waals surface area contributed by atoms with E-state index in [4.69, 9.17) is 17.3 Å². The van der Waals surface area contributed by atoms with Gasteiger partial charge in [0.25, 0.3) is 0 Å². The summed E-state index contributed by atoms with van der Waals surface area (Å²) in [6, 6.07) is 3.61. The summed E-state index contributed by atoms with van der Waals surface area (Å²) in [5.74, 6) is 0.779. The van der Waals surface area contributed by atoms with E-state index < -0.39 is 0 Å². The third-order valence-electron chi connectivity index (χ3n) is 1.82. The van der Waals surface area contributed by atoms with Crippen LogP contribution in [-0.4, -0.2) is 14.5 Å². The first-order valence-electron chi connectivity index (χ1n) is 4.14. The van der Waals surface area contributed by atoms with Gasteiger partial charge in [-0.1, -0.05) is 11.6 Å². The molecule has 0 saturated heterocycles. The molecular formula is C9H9ClN4. The maximum Gasteiger partial charge on any atom is 0.137 e. The molecule has 0 aromatic carbocycles. The van der Waals surface area contributed by atoms with Crippen molar-refractivity contribution in [1.29, 1.82) is 0 Å². The smallest absolute Gasteiger partial charge is 0.137 e. The summed E-state index contributed by atoms with van der Waals surface area (Å²) in [4.78, 5) is 8.24. The topological polar surface area (TPSA) is 56.7 Å². The van der Waals surface area contributed by atoms with Crippen molar-refractivity contribution >= 4 is 11.6 Å². The number of rotatable bonds is 2. The van der Waals surface area contributed by atoms with Crippen LogP contribution in [0.15, 0.2) is 30.9 Å². The standard InChI is InChI=1S/C9H9ClN4/c10-7-1-2-9(12-4-7)14-5-8(3-11)13-6-14/h1-2,4-6H,3,11H2. The molecule has 0 bridgehead atoms. The Labute approximate surface area is 86.4 Å². The second-order valence-corrected chi connectivity index (χ2v) is 3.25. The molecule has 0 aliphatic carbocycles. The van der Waals surface area contributed by atoms with Gasteiger partial charge in [0.2, 0.25) is 0 Å². The highest BCUT2D eigenvalue weighted by Gasteiger charge is 1.99. The molecule has 2 aromatic rings. The monoisotopic (exact) mass is 208 g/mol. The summed E-state index contributed by atoms with van der Waals surface area (Å²) in [5.41, 5.74) is 6.28. The molecule has 14 heavy (non-hydrogen) atoms. The fourth-order valence-electron chi connectivity index (χ4n) is 1.12. The number of imidazole rings is 1. The van der Waals surface area contributed by atoms with Crippen LogP contribution in [0.25, 0.3) is 5.82 Å². The average Bonchev–Trinajstić information content (AvgIpc) is 2.67. The van der Waals surface area contributed by atoms with Gasteiger partial charge >= 0.3 is 0 Å². The second kappa shape index (κ2) is 3.77. The molecule has 72 valence electrons. The summed E-state index contributed by atoms with van der Waals surface area (Å²) in [5, 5.41) is 0.618. The number of hydrogen-bond donors (Lipinski definition) is 1. The van der Waals surface area contributed by atoms with E-state index in [0.29, 0.717) is 11.6 Å². The van der Waals surface area contributed by atoms with E-state index >= 15 is 0 Å². The molecule has 2 aromatic heterocycles. The average molecular weight is 209 g/mol. The summed E-state index contributed by atoms with van der Waals surface area (Å²) in [7, 11) is 0. The lowest BCUT2D eigenvalue weighted by atomic mass is 10.4. The predicted octanol–water partition coefficient (Wildman–Crippen LogP) is 1.38. The van der Waals surface area contributed by atoms with E-state index in [1.54, 1.807) is 23.2 Å². The van der Waals surface area contributed by atoms with Crippen LogP contribution in [0.5, 0.6) is 0 Å². The van der Waals surface area contributed by atoms with Gasteiger partial charge in [0.1, 0.15) is 12.1 Å². The molecule has 0 fully saturated rings. The molecule has 0 spiro atoms. The van der Waals surface area contributed by atoms with E-state index in [-0.39, 0.29) is 0 Å². The highest BCUT2D eigenvalue weighted by atomic mass is 35.5. The normalized spacial score (nSPS) is 10.4. The van der Waals surface area contributed by atoms with E-state index in [9.17, 15) is 0 Å². The molecule has 2 heterocycles. The predicted molar refractivity (Wildman–Crippen MR) is 54.3 cm³/mol. The van der Waals surface area contributed by atoms with Crippen LogP contribution in [0.3, 0.4) is 0 Å². The van der Waals surface area contributed by atoms with Crippen LogP contribution in [0.1, 0.15) is 5.69 Å². The molecular weight excluding hydrogens is 200 g/mol. The maximum absolute atomic E-state index is 5.72. The molecule has 0 aliphatic rings. The lowest BCUT2D eigenvalue weighted by Crippen LogP contribution is -1.96. The van der Waals surface area contributed by atoms with Crippen LogP contribution >= 0.6 is 11.6 Å². The highest BCUT2D eigenvalue weighted by molar-refractivity contribution is 6.30. The maximum atomic E-state index is 5.72. The Kier molecular flexibility index (Phi) is 2.47. The zero-order chi connectivity index (χ0) is 9.97. The van der Waals surface area contributed by atoms with Gasteiger partial charge in [0.15, 0.2) is 0 Å². The van der Waals surface area contributed by atoms with E-state index in [0.717, 1.165) is 11.5 Å². The van der Waals surface area contributed by atoms with E-state index in [1.807, 2.05) is 12.3 Å². The third-order valence-corrected chi connectivity index (χ3v) is 2.05. The lowest BCUT2D eigenvalue weighted by Gasteiger charge is -1.99. The molecule has 0 atom stereocenters. The van der Waals surface area contributed by atoms with Gasteiger partial charge in [-0.05, 0) is 12.1 Å². The van der Waals surface area contributed by atoms with Crippen LogP contribution in [-0.2, 0) is 6.54 Å². The van der Waals surface area contributed by atoms with Gasteiger partial charge in [-0.2, -0.15) is 0 Å². The van der Waals surface area contributed by atoms with Gasteiger partial charge in [0, 0.05) is 18.9 Å². The third kappa shape index (κ3) is 1.76. The summed E-state index contributed by atoms with van der Waals surface area (Å²) in [6.45, 7) is 0.431. The molecule has 2 rings (SSSR count). The Balaban J connectivity index is 2.34. The van der Waals surface area contributed by atoms with Crippen molar-refractivity contribution in [3.8, 4) is 5.82 Å². The Morgan fingerprint density at radius 1 is 1.36 bits per heavy atom. The lowest BCUT2D eigenvalue weighted by molar-refractivity contribution is 0.989. The zero-order valence-electron chi connectivity index (χ0n) is 7.39. The SMILES string of the molecule is NCc1cn(-c2ccc(Cl)cn2)cn1. The number of nitrogens with two attached hydrogens (primary N) is 1. The highest BCUT2D eigenvalue weighted by Crippen LogP contribution is 2.10. The van der Waals surface area contributed by atoms with Gasteiger partial charge < -0.3 is 5.73 Å². The quantitative estimate of drug-likeness (QED) is 0.811. The first-order valence-corrected chi connectivity index (χ1v) is 4.52. The van der Waals surface area contributed by atoms with Crippen molar-refractivity contribution in [3.63, 3.8) is 0 Å². The number of pyridine rings is 1. The van der Waals surface area contributed by atoms with Crippen LogP contribution < -0.4 is 5.73 Å². The van der Waals surface area contributed by atoms with Crippen molar-refractivity contribution in [3.05, 3.63) is 41.6 Å². The zero-order valence-corrected chi connectivity index (χ0v) is 8.15. The molecule has 4 nitrogen and oxygen atoms in total. The summed E-state index contributed by atoms with van der Waals surface area (Å²) in [6.07, 6.45) is 5.12. The Morgan fingerprint density at radius 2 is 2.21 bits per heavy atom. The first kappa shape index (κ1) is 9.18. The summed E-state index contributed by atoms with van der Waals surface area (Å²) >= 11 is 5.72. The Bertz CT molecular complexity index is 421. The van der Waals surface area contributed by atoms with Gasteiger partial charge in [-0.3, -0.25) is 4.57 Å². The minimum atomic E-state index is 0.431. The van der Waals surface area contributed by atoms with E-state index in [2.05, 4.69) is 9.97 Å². The first-order chi connectivity index (χ1) is 6.79. The van der Waals surface area contributed by atoms with Crippen LogP contribution in [0.2, 0.25) is 5.02 Å². The number of halogens is 1. The summed E-state index contributed by atoms with van der Waals surface area (Å²) < 4.78 is 1.80. The molecule has 2 N–H and O–H groups in total. The number of aromatic nitrogens is 3. The van der Waals surface area contributed by atoms with Crippen molar-refractivity contribution in [2.75, 3.05) is 0 Å². The molecule has 0 saturated carbocycles. The minimum Gasteiger partial charge on any atom is -0.325 e. The van der Waals surface area contributed by atoms with Crippen LogP contribution in [0.4, 0.5) is 0 Å². The fourth-order valence-corrected chi connectivity index (χ4v) is 1.23. The number of nitrogens with zero attached hydrogens (tertiary/aromatic N) is 3. The molecule has 0 radical (unpaired) electrons. The van der Waals surface area contributed by atoms with Crippen molar-refractivity contribution in [2.45, 2.75) is 6.54 Å². The Hall–Kier alpha value is -1.39. The van der Waals surface area contributed by atoms with E-state index in [1.165, 1.54) is 0 Å². The molecule has 0 amide bonds. The minimum absolute atomic E-state index is 0.431. The second-order valence-electron chi connectivity index (χ2n) is 2.81. The van der Waals surface area contributed by atoms with Gasteiger partial charge in [0.05, 0.1) is 10.7 Å². The Morgan fingerprint density at radius 3 is 2.79 bits per heavy atom. The van der Waals surface area contributed by atoms with Crippen molar-refractivity contribution in [1.82, 2.24) is 14.5 Å². The van der Waals surface area contributed by atoms with Crippen LogP contribution in [0, 0.1) is 0 Å². The molecule has 0 unspecified atom stereocenters. The fraction of sp³-hybridized carbons (Fsp3) is 0.111. The van der Waals surface area contributed by atoms with Gasteiger partial charge in [-0.25, -0.2) is 9.97 Å².